The molecule has 0 aliphatic heterocycles. The van der Waals surface area contributed by atoms with Gasteiger partial charge in [0.15, 0.2) is 0 Å². The molecule has 2 aromatic rings. The summed E-state index contributed by atoms with van der Waals surface area (Å²) in [6, 6.07) is 6.18. The van der Waals surface area contributed by atoms with E-state index in [9.17, 15) is 4.39 Å². The summed E-state index contributed by atoms with van der Waals surface area (Å²) in [5.41, 5.74) is 2.77. The van der Waals surface area contributed by atoms with Crippen LogP contribution in [-0.4, -0.2) is 10.2 Å². The van der Waals surface area contributed by atoms with Gasteiger partial charge in [0.1, 0.15) is 11.9 Å². The summed E-state index contributed by atoms with van der Waals surface area (Å²) in [5.74, 6) is -0.502. The quantitative estimate of drug-likeness (QED) is 0.850. The van der Waals surface area contributed by atoms with Gasteiger partial charge in [-0.15, -0.1) is 0 Å². The first-order chi connectivity index (χ1) is 8.20. The molecule has 0 unspecified atom stereocenters. The molecule has 1 aromatic heterocycles. The van der Waals surface area contributed by atoms with Gasteiger partial charge in [-0.25, -0.2) is 4.39 Å². The summed E-state index contributed by atoms with van der Waals surface area (Å²) >= 11 is 0. The van der Waals surface area contributed by atoms with E-state index in [2.05, 4.69) is 15.5 Å². The summed E-state index contributed by atoms with van der Waals surface area (Å²) in [6.07, 6.45) is 1.73. The molecule has 2 rings (SSSR count). The lowest BCUT2D eigenvalue weighted by molar-refractivity contribution is 0.624. The van der Waals surface area contributed by atoms with Crippen molar-refractivity contribution in [2.24, 2.45) is 0 Å². The normalized spacial score (nSPS) is 9.94. The molecule has 4 nitrogen and oxygen atoms in total. The molecule has 2 N–H and O–H groups in total. The summed E-state index contributed by atoms with van der Waals surface area (Å²) in [7, 11) is 0. The number of H-pyrrole nitrogens is 1. The van der Waals surface area contributed by atoms with Crippen molar-refractivity contribution < 1.29 is 4.39 Å². The second-order valence-electron chi connectivity index (χ2n) is 3.68. The summed E-state index contributed by atoms with van der Waals surface area (Å²) < 4.78 is 13.1. The number of aryl methyl sites for hydroxylation is 1. The molecular weight excluding hydrogens is 219 g/mol. The van der Waals surface area contributed by atoms with Crippen molar-refractivity contribution in [1.82, 2.24) is 10.2 Å². The fraction of sp³-hybridized carbons (Fsp3) is 0.167. The molecular formula is C12H11FN4. The van der Waals surface area contributed by atoms with E-state index in [4.69, 9.17) is 5.26 Å². The number of aromatic amines is 1. The first kappa shape index (κ1) is 11.1. The van der Waals surface area contributed by atoms with Gasteiger partial charge in [-0.2, -0.15) is 10.4 Å². The second kappa shape index (κ2) is 4.66. The summed E-state index contributed by atoms with van der Waals surface area (Å²) in [5, 5.41) is 18.6. The number of rotatable bonds is 3. The van der Waals surface area contributed by atoms with Gasteiger partial charge >= 0.3 is 0 Å². The van der Waals surface area contributed by atoms with Crippen LogP contribution in [0.5, 0.6) is 0 Å². The number of nitrogens with zero attached hydrogens (tertiary/aromatic N) is 2. The third-order valence-electron chi connectivity index (χ3n) is 2.50. The zero-order valence-electron chi connectivity index (χ0n) is 9.29. The topological polar surface area (TPSA) is 64.5 Å². The lowest BCUT2D eigenvalue weighted by Gasteiger charge is -2.06. The van der Waals surface area contributed by atoms with E-state index < -0.39 is 5.82 Å². The van der Waals surface area contributed by atoms with Crippen molar-refractivity contribution in [3.63, 3.8) is 0 Å². The molecule has 1 heterocycles. The summed E-state index contributed by atoms with van der Waals surface area (Å²) in [6.45, 7) is 2.51. The van der Waals surface area contributed by atoms with Crippen molar-refractivity contribution in [3.8, 4) is 6.07 Å². The van der Waals surface area contributed by atoms with Crippen LogP contribution >= 0.6 is 0 Å². The smallest absolute Gasteiger partial charge is 0.141 e. The molecule has 0 aliphatic carbocycles. The standard InChI is InChI=1S/C12H11FN4/c1-8-10(7-16-17-8)6-15-11-2-3-12(13)9(4-11)5-14/h2-4,7,15H,6H2,1H3,(H,16,17). The number of anilines is 1. The van der Waals surface area contributed by atoms with E-state index in [0.29, 0.717) is 12.2 Å². The Morgan fingerprint density at radius 1 is 1.53 bits per heavy atom. The average molecular weight is 230 g/mol. The Bertz CT molecular complexity index is 568. The average Bonchev–Trinajstić information content (AvgIpc) is 2.74. The van der Waals surface area contributed by atoms with Crippen molar-refractivity contribution >= 4 is 5.69 Å². The number of halogens is 1. The Hall–Kier alpha value is -2.35. The van der Waals surface area contributed by atoms with E-state index in [1.807, 2.05) is 6.92 Å². The van der Waals surface area contributed by atoms with Crippen molar-refractivity contribution in [3.05, 3.63) is 47.0 Å². The van der Waals surface area contributed by atoms with Crippen LogP contribution < -0.4 is 5.32 Å². The largest absolute Gasteiger partial charge is 0.381 e. The molecule has 0 spiro atoms. The van der Waals surface area contributed by atoms with Crippen LogP contribution in [0.3, 0.4) is 0 Å². The molecule has 17 heavy (non-hydrogen) atoms. The maximum absolute atomic E-state index is 13.1. The number of aromatic nitrogens is 2. The van der Waals surface area contributed by atoms with Crippen molar-refractivity contribution in [2.75, 3.05) is 5.32 Å². The van der Waals surface area contributed by atoms with Crippen molar-refractivity contribution in [2.45, 2.75) is 13.5 Å². The first-order valence-corrected chi connectivity index (χ1v) is 5.13. The molecule has 0 amide bonds. The van der Waals surface area contributed by atoms with Crippen LogP contribution in [-0.2, 0) is 6.54 Å². The predicted octanol–water partition coefficient (Wildman–Crippen LogP) is 2.34. The minimum atomic E-state index is -0.502. The molecule has 0 saturated carbocycles. The SMILES string of the molecule is Cc1[nH]ncc1CNc1ccc(F)c(C#N)c1. The number of hydrogen-bond donors (Lipinski definition) is 2. The highest BCUT2D eigenvalue weighted by molar-refractivity contribution is 5.50. The van der Waals surface area contributed by atoms with E-state index in [-0.39, 0.29) is 5.56 Å². The zero-order chi connectivity index (χ0) is 12.3. The maximum Gasteiger partial charge on any atom is 0.141 e. The Kier molecular flexibility index (Phi) is 3.06. The van der Waals surface area contributed by atoms with Gasteiger partial charge in [-0.05, 0) is 25.1 Å². The van der Waals surface area contributed by atoms with Crippen molar-refractivity contribution in [1.29, 1.82) is 5.26 Å². The Balaban J connectivity index is 2.10. The molecule has 0 saturated heterocycles. The van der Waals surface area contributed by atoms with E-state index in [1.54, 1.807) is 18.3 Å². The highest BCUT2D eigenvalue weighted by atomic mass is 19.1. The van der Waals surface area contributed by atoms with Crippen LogP contribution in [0.25, 0.3) is 0 Å². The van der Waals surface area contributed by atoms with Gasteiger partial charge in [-0.3, -0.25) is 5.10 Å². The molecule has 0 atom stereocenters. The minimum Gasteiger partial charge on any atom is -0.381 e. The van der Waals surface area contributed by atoms with Gasteiger partial charge in [0.25, 0.3) is 0 Å². The molecule has 86 valence electrons. The Morgan fingerprint density at radius 2 is 2.35 bits per heavy atom. The van der Waals surface area contributed by atoms with Crippen LogP contribution in [0.15, 0.2) is 24.4 Å². The van der Waals surface area contributed by atoms with E-state index >= 15 is 0 Å². The van der Waals surface area contributed by atoms with Gasteiger partial charge in [0.05, 0.1) is 11.8 Å². The summed E-state index contributed by atoms with van der Waals surface area (Å²) in [4.78, 5) is 0. The molecule has 0 fully saturated rings. The number of hydrogen-bond acceptors (Lipinski definition) is 3. The molecule has 1 aromatic carbocycles. The van der Waals surface area contributed by atoms with Crippen LogP contribution in [0.1, 0.15) is 16.8 Å². The number of benzene rings is 1. The third-order valence-corrected chi connectivity index (χ3v) is 2.50. The van der Waals surface area contributed by atoms with Gasteiger partial charge in [-0.1, -0.05) is 0 Å². The molecule has 5 heteroatoms. The van der Waals surface area contributed by atoms with Gasteiger partial charge < -0.3 is 5.32 Å². The lowest BCUT2D eigenvalue weighted by atomic mass is 10.2. The first-order valence-electron chi connectivity index (χ1n) is 5.13. The third kappa shape index (κ3) is 2.42. The molecule has 0 aliphatic rings. The highest BCUT2D eigenvalue weighted by Gasteiger charge is 2.04. The van der Waals surface area contributed by atoms with Crippen LogP contribution in [0.4, 0.5) is 10.1 Å². The Labute approximate surface area is 98.1 Å². The predicted molar refractivity (Wildman–Crippen MR) is 61.8 cm³/mol. The zero-order valence-corrected chi connectivity index (χ0v) is 9.29. The molecule has 0 radical (unpaired) electrons. The van der Waals surface area contributed by atoms with Gasteiger partial charge in [0, 0.05) is 23.5 Å². The Morgan fingerprint density at radius 3 is 3.00 bits per heavy atom. The minimum absolute atomic E-state index is 0.0407. The number of nitriles is 1. The fourth-order valence-corrected chi connectivity index (χ4v) is 1.47. The molecule has 0 bridgehead atoms. The van der Waals surface area contributed by atoms with Crippen LogP contribution in [0, 0.1) is 24.1 Å². The number of nitrogens with one attached hydrogen (secondary N) is 2. The second-order valence-corrected chi connectivity index (χ2v) is 3.68. The lowest BCUT2D eigenvalue weighted by Crippen LogP contribution is -2.00. The fourth-order valence-electron chi connectivity index (χ4n) is 1.47. The maximum atomic E-state index is 13.1. The van der Waals surface area contributed by atoms with E-state index in [0.717, 1.165) is 11.3 Å². The van der Waals surface area contributed by atoms with Gasteiger partial charge in [0.2, 0.25) is 0 Å². The highest BCUT2D eigenvalue weighted by Crippen LogP contribution is 2.15. The monoisotopic (exact) mass is 230 g/mol. The van der Waals surface area contributed by atoms with E-state index in [1.165, 1.54) is 12.1 Å². The van der Waals surface area contributed by atoms with Crippen LogP contribution in [0.2, 0.25) is 0 Å².